The van der Waals surface area contributed by atoms with Gasteiger partial charge in [-0.15, -0.1) is 0 Å². The van der Waals surface area contributed by atoms with E-state index in [9.17, 15) is 13.2 Å². The molecule has 1 saturated carbocycles. The molecule has 1 aliphatic carbocycles. The summed E-state index contributed by atoms with van der Waals surface area (Å²) >= 11 is 0. The quantitative estimate of drug-likeness (QED) is 0.676. The topological polar surface area (TPSA) is 118 Å². The van der Waals surface area contributed by atoms with Crippen LogP contribution in [-0.4, -0.2) is 43.1 Å². The lowest BCUT2D eigenvalue weighted by Gasteiger charge is -2.02. The zero-order chi connectivity index (χ0) is 13.3. The second-order valence-electron chi connectivity index (χ2n) is 4.56. The molecule has 1 aromatic heterocycles. The molecule has 0 unspecified atom stereocenters. The molecule has 0 atom stereocenters. The Morgan fingerprint density at radius 1 is 1.56 bits per heavy atom. The van der Waals surface area contributed by atoms with Gasteiger partial charge in [-0.25, -0.2) is 8.42 Å². The molecule has 1 fully saturated rings. The van der Waals surface area contributed by atoms with Crippen LogP contribution < -0.4 is 11.1 Å². The van der Waals surface area contributed by atoms with Crippen molar-refractivity contribution in [3.8, 4) is 0 Å². The van der Waals surface area contributed by atoms with Crippen LogP contribution in [0.3, 0.4) is 0 Å². The number of rotatable bonds is 5. The molecule has 1 heterocycles. The second-order valence-corrected chi connectivity index (χ2v) is 6.82. The molecule has 0 aromatic carbocycles. The molecule has 18 heavy (non-hydrogen) atoms. The van der Waals surface area contributed by atoms with Gasteiger partial charge < -0.3 is 11.1 Å². The number of nitrogens with two attached hydrogens (primary N) is 1. The molecule has 7 nitrogen and oxygen atoms in total. The molecule has 1 aromatic rings. The van der Waals surface area contributed by atoms with Crippen LogP contribution in [-0.2, 0) is 9.84 Å². The van der Waals surface area contributed by atoms with Gasteiger partial charge in [0.05, 0.1) is 17.1 Å². The summed E-state index contributed by atoms with van der Waals surface area (Å²) in [5.74, 6) is -0.159. The molecular formula is C10H16N4O3S. The summed E-state index contributed by atoms with van der Waals surface area (Å²) in [5, 5.41) is 9.14. The Balaban J connectivity index is 1.96. The summed E-state index contributed by atoms with van der Waals surface area (Å²) in [7, 11) is -3.08. The Kier molecular flexibility index (Phi) is 3.29. The molecule has 0 spiro atoms. The highest BCUT2D eigenvalue weighted by Crippen LogP contribution is 2.42. The minimum atomic E-state index is -3.08. The Morgan fingerprint density at radius 2 is 2.22 bits per heavy atom. The molecular weight excluding hydrogens is 256 g/mol. The average Bonchev–Trinajstić information content (AvgIpc) is 3.00. The molecule has 0 aliphatic heterocycles. The normalized spacial score (nSPS) is 15.6. The van der Waals surface area contributed by atoms with Gasteiger partial charge in [0.2, 0.25) is 0 Å². The van der Waals surface area contributed by atoms with E-state index in [0.717, 1.165) is 24.8 Å². The molecule has 1 amide bonds. The van der Waals surface area contributed by atoms with Gasteiger partial charge in [-0.05, 0) is 12.8 Å². The van der Waals surface area contributed by atoms with Gasteiger partial charge in [0.25, 0.3) is 5.91 Å². The molecule has 8 heteroatoms. The van der Waals surface area contributed by atoms with Crippen molar-refractivity contribution in [2.75, 3.05) is 24.3 Å². The largest absolute Gasteiger partial charge is 0.395 e. The number of aromatic nitrogens is 2. The number of nitrogens with one attached hydrogen (secondary N) is 2. The van der Waals surface area contributed by atoms with Crippen LogP contribution in [0.2, 0.25) is 0 Å². The zero-order valence-electron chi connectivity index (χ0n) is 10.1. The van der Waals surface area contributed by atoms with E-state index < -0.39 is 15.7 Å². The third-order valence-corrected chi connectivity index (χ3v) is 3.74. The van der Waals surface area contributed by atoms with Gasteiger partial charge in [0, 0.05) is 18.7 Å². The van der Waals surface area contributed by atoms with Crippen LogP contribution in [0.5, 0.6) is 0 Å². The van der Waals surface area contributed by atoms with Gasteiger partial charge in [-0.2, -0.15) is 5.10 Å². The number of aromatic amines is 1. The van der Waals surface area contributed by atoms with E-state index in [-0.39, 0.29) is 18.0 Å². The number of H-pyrrole nitrogens is 1. The monoisotopic (exact) mass is 272 g/mol. The maximum atomic E-state index is 11.7. The number of hydrogen-bond acceptors (Lipinski definition) is 5. The van der Waals surface area contributed by atoms with Crippen molar-refractivity contribution in [1.82, 2.24) is 15.5 Å². The van der Waals surface area contributed by atoms with Crippen molar-refractivity contribution < 1.29 is 13.2 Å². The first-order chi connectivity index (χ1) is 8.38. The van der Waals surface area contributed by atoms with Crippen molar-refractivity contribution >= 4 is 21.4 Å². The van der Waals surface area contributed by atoms with Gasteiger partial charge >= 0.3 is 0 Å². The molecule has 0 bridgehead atoms. The zero-order valence-corrected chi connectivity index (χ0v) is 10.9. The molecule has 0 saturated heterocycles. The van der Waals surface area contributed by atoms with Gasteiger partial charge in [0.15, 0.2) is 5.69 Å². The lowest BCUT2D eigenvalue weighted by atomic mass is 10.2. The third kappa shape index (κ3) is 3.00. The van der Waals surface area contributed by atoms with E-state index >= 15 is 0 Å². The maximum Gasteiger partial charge on any atom is 0.273 e. The van der Waals surface area contributed by atoms with Crippen LogP contribution >= 0.6 is 0 Å². The number of sulfone groups is 1. The standard InChI is InChI=1S/C10H16N4O3S/c1-18(16,17)5-4-12-10(15)9-7(11)8(13-14-9)6-2-3-6/h6H,2-5,11H2,1H3,(H,12,15)(H,13,14). The molecule has 100 valence electrons. The van der Waals surface area contributed by atoms with E-state index in [2.05, 4.69) is 15.5 Å². The first-order valence-electron chi connectivity index (χ1n) is 5.68. The molecule has 4 N–H and O–H groups in total. The first-order valence-corrected chi connectivity index (χ1v) is 7.74. The highest BCUT2D eigenvalue weighted by atomic mass is 32.2. The molecule has 0 radical (unpaired) electrons. The number of hydrogen-bond donors (Lipinski definition) is 3. The number of anilines is 1. The Bertz CT molecular complexity index is 560. The van der Waals surface area contributed by atoms with E-state index in [1.165, 1.54) is 0 Å². The van der Waals surface area contributed by atoms with Crippen molar-refractivity contribution in [1.29, 1.82) is 0 Å². The smallest absolute Gasteiger partial charge is 0.273 e. The minimum absolute atomic E-state index is 0.0583. The summed E-state index contributed by atoms with van der Waals surface area (Å²) in [5.41, 5.74) is 7.15. The van der Waals surface area contributed by atoms with Crippen molar-refractivity contribution in [3.63, 3.8) is 0 Å². The first kappa shape index (κ1) is 12.9. The van der Waals surface area contributed by atoms with E-state index in [4.69, 9.17) is 5.73 Å². The summed E-state index contributed by atoms with van der Waals surface area (Å²) < 4.78 is 21.8. The summed E-state index contributed by atoms with van der Waals surface area (Å²) in [4.78, 5) is 11.7. The predicted molar refractivity (Wildman–Crippen MR) is 67.0 cm³/mol. The maximum absolute atomic E-state index is 11.7. The van der Waals surface area contributed by atoms with E-state index in [1.807, 2.05) is 0 Å². The second kappa shape index (κ2) is 4.60. The van der Waals surface area contributed by atoms with Crippen LogP contribution in [0.4, 0.5) is 5.69 Å². The van der Waals surface area contributed by atoms with Crippen LogP contribution in [0.25, 0.3) is 0 Å². The molecule has 2 rings (SSSR count). The van der Waals surface area contributed by atoms with Crippen LogP contribution in [0.15, 0.2) is 0 Å². The Hall–Kier alpha value is -1.57. The Labute approximate surface area is 105 Å². The lowest BCUT2D eigenvalue weighted by molar-refractivity contribution is 0.0952. The van der Waals surface area contributed by atoms with Crippen LogP contribution in [0, 0.1) is 0 Å². The summed E-state index contributed by atoms with van der Waals surface area (Å²) in [6.07, 6.45) is 3.23. The third-order valence-electron chi connectivity index (χ3n) is 2.79. The number of carbonyl (C=O) groups is 1. The Morgan fingerprint density at radius 3 is 2.78 bits per heavy atom. The van der Waals surface area contributed by atoms with Gasteiger partial charge in [0.1, 0.15) is 9.84 Å². The summed E-state index contributed by atoms with van der Waals surface area (Å²) in [6.45, 7) is 0.0583. The highest BCUT2D eigenvalue weighted by molar-refractivity contribution is 7.90. The van der Waals surface area contributed by atoms with Gasteiger partial charge in [-0.1, -0.05) is 0 Å². The minimum Gasteiger partial charge on any atom is -0.395 e. The number of amides is 1. The number of carbonyl (C=O) groups excluding carboxylic acids is 1. The number of nitrogen functional groups attached to an aromatic ring is 1. The fraction of sp³-hybridized carbons (Fsp3) is 0.600. The SMILES string of the molecule is CS(=O)(=O)CCNC(=O)c1n[nH]c(C2CC2)c1N. The highest BCUT2D eigenvalue weighted by Gasteiger charge is 2.30. The molecule has 1 aliphatic rings. The summed E-state index contributed by atoms with van der Waals surface area (Å²) in [6, 6.07) is 0. The number of nitrogens with zero attached hydrogens (tertiary/aromatic N) is 1. The van der Waals surface area contributed by atoms with Crippen molar-refractivity contribution in [2.45, 2.75) is 18.8 Å². The fourth-order valence-corrected chi connectivity index (χ4v) is 2.13. The predicted octanol–water partition coefficient (Wildman–Crippen LogP) is -0.356. The van der Waals surface area contributed by atoms with Crippen molar-refractivity contribution in [2.24, 2.45) is 0 Å². The van der Waals surface area contributed by atoms with Gasteiger partial charge in [-0.3, -0.25) is 9.89 Å². The van der Waals surface area contributed by atoms with E-state index in [1.54, 1.807) is 0 Å². The van der Waals surface area contributed by atoms with Crippen LogP contribution in [0.1, 0.15) is 34.9 Å². The van der Waals surface area contributed by atoms with Crippen molar-refractivity contribution in [3.05, 3.63) is 11.4 Å². The average molecular weight is 272 g/mol. The lowest BCUT2D eigenvalue weighted by Crippen LogP contribution is -2.29. The van der Waals surface area contributed by atoms with E-state index in [0.29, 0.717) is 11.6 Å². The fourth-order valence-electron chi connectivity index (χ4n) is 1.65.